The third kappa shape index (κ3) is 2.84. The molecule has 0 aliphatic carbocycles. The van der Waals surface area contributed by atoms with E-state index in [9.17, 15) is 4.79 Å². The number of allylic oxidation sites excluding steroid dienone is 2. The first-order valence-electron chi connectivity index (χ1n) is 5.00. The van der Waals surface area contributed by atoms with Crippen molar-refractivity contribution in [3.63, 3.8) is 0 Å². The maximum absolute atomic E-state index is 10.9. The van der Waals surface area contributed by atoms with Crippen LogP contribution in [0.2, 0.25) is 0 Å². The Labute approximate surface area is 85.5 Å². The molecule has 1 aromatic rings. The topological polar surface area (TPSA) is 17.1 Å². The van der Waals surface area contributed by atoms with Gasteiger partial charge in [0, 0.05) is 5.57 Å². The van der Waals surface area contributed by atoms with Crippen molar-refractivity contribution in [3.05, 3.63) is 41.5 Å². The van der Waals surface area contributed by atoms with Crippen LogP contribution >= 0.6 is 0 Å². The van der Waals surface area contributed by atoms with Gasteiger partial charge in [-0.1, -0.05) is 49.2 Å². The summed E-state index contributed by atoms with van der Waals surface area (Å²) in [5, 5.41) is 0. The van der Waals surface area contributed by atoms with Crippen molar-refractivity contribution in [2.24, 2.45) is 0 Å². The third-order valence-corrected chi connectivity index (χ3v) is 2.13. The molecular weight excluding hydrogens is 172 g/mol. The molecule has 0 bridgehead atoms. The van der Waals surface area contributed by atoms with Gasteiger partial charge in [-0.25, -0.2) is 0 Å². The zero-order valence-electron chi connectivity index (χ0n) is 8.79. The number of benzene rings is 1. The van der Waals surface area contributed by atoms with Crippen LogP contribution < -0.4 is 0 Å². The van der Waals surface area contributed by atoms with Gasteiger partial charge in [-0.2, -0.15) is 0 Å². The summed E-state index contributed by atoms with van der Waals surface area (Å²) >= 11 is 0. The molecule has 1 rings (SSSR count). The summed E-state index contributed by atoms with van der Waals surface area (Å²) in [6, 6.07) is 8.03. The monoisotopic (exact) mass is 188 g/mol. The van der Waals surface area contributed by atoms with Crippen LogP contribution in [0, 0.1) is 6.92 Å². The van der Waals surface area contributed by atoms with Crippen LogP contribution in [0.5, 0.6) is 0 Å². The molecule has 0 aromatic heterocycles. The molecule has 0 saturated carbocycles. The zero-order chi connectivity index (χ0) is 10.4. The average molecular weight is 188 g/mol. The van der Waals surface area contributed by atoms with Crippen LogP contribution in [0.1, 0.15) is 30.9 Å². The second-order valence-electron chi connectivity index (χ2n) is 3.44. The molecule has 0 aliphatic rings. The summed E-state index contributed by atoms with van der Waals surface area (Å²) in [6.45, 7) is 4.14. The largest absolute Gasteiger partial charge is 0.298 e. The molecule has 0 radical (unpaired) electrons. The van der Waals surface area contributed by atoms with E-state index in [0.29, 0.717) is 0 Å². The van der Waals surface area contributed by atoms with Gasteiger partial charge in [0.15, 0.2) is 0 Å². The Kier molecular flexibility index (Phi) is 4.11. The summed E-state index contributed by atoms with van der Waals surface area (Å²) in [5.41, 5.74) is 3.01. The lowest BCUT2D eigenvalue weighted by atomic mass is 10.0. The van der Waals surface area contributed by atoms with Crippen LogP contribution in [0.15, 0.2) is 30.3 Å². The zero-order valence-corrected chi connectivity index (χ0v) is 8.79. The van der Waals surface area contributed by atoms with Gasteiger partial charge >= 0.3 is 0 Å². The summed E-state index contributed by atoms with van der Waals surface area (Å²) in [4.78, 5) is 10.9. The van der Waals surface area contributed by atoms with E-state index in [2.05, 4.69) is 6.92 Å². The Bertz CT molecular complexity index is 337. The lowest BCUT2D eigenvalue weighted by molar-refractivity contribution is -0.103. The van der Waals surface area contributed by atoms with Crippen molar-refractivity contribution in [2.45, 2.75) is 26.7 Å². The predicted molar refractivity (Wildman–Crippen MR) is 60.1 cm³/mol. The minimum atomic E-state index is 0.801. The molecule has 0 fully saturated rings. The molecule has 0 spiro atoms. The number of rotatable bonds is 4. The van der Waals surface area contributed by atoms with E-state index < -0.39 is 0 Å². The van der Waals surface area contributed by atoms with Gasteiger partial charge in [0.1, 0.15) is 6.29 Å². The summed E-state index contributed by atoms with van der Waals surface area (Å²) in [5.74, 6) is 0. The first-order valence-corrected chi connectivity index (χ1v) is 5.00. The standard InChI is InChI=1S/C13H16O/c1-3-4-7-13(10-14)12-8-5-6-11(2)9-12/h5-10H,3-4H2,1-2H3. The molecule has 0 aliphatic heterocycles. The molecule has 0 atom stereocenters. The van der Waals surface area contributed by atoms with Crippen molar-refractivity contribution < 1.29 is 4.79 Å². The minimum absolute atomic E-state index is 0.801. The summed E-state index contributed by atoms with van der Waals surface area (Å²) < 4.78 is 0. The van der Waals surface area contributed by atoms with Gasteiger partial charge in [0.05, 0.1) is 0 Å². The molecule has 74 valence electrons. The Balaban J connectivity index is 2.94. The molecule has 0 amide bonds. The van der Waals surface area contributed by atoms with Crippen LogP contribution in [-0.4, -0.2) is 6.29 Å². The molecule has 0 heterocycles. The van der Waals surface area contributed by atoms with Crippen LogP contribution in [-0.2, 0) is 4.79 Å². The third-order valence-electron chi connectivity index (χ3n) is 2.13. The molecular formula is C13H16O. The van der Waals surface area contributed by atoms with E-state index in [0.717, 1.165) is 30.3 Å². The lowest BCUT2D eigenvalue weighted by Crippen LogP contribution is -1.86. The smallest absolute Gasteiger partial charge is 0.150 e. The highest BCUT2D eigenvalue weighted by Gasteiger charge is 1.98. The van der Waals surface area contributed by atoms with Gasteiger partial charge < -0.3 is 0 Å². The molecule has 14 heavy (non-hydrogen) atoms. The highest BCUT2D eigenvalue weighted by molar-refractivity contribution is 6.06. The molecule has 1 nitrogen and oxygen atoms in total. The molecule has 0 saturated heterocycles. The first-order chi connectivity index (χ1) is 6.77. The van der Waals surface area contributed by atoms with Crippen molar-refractivity contribution in [1.29, 1.82) is 0 Å². The molecule has 0 N–H and O–H groups in total. The predicted octanol–water partition coefficient (Wildman–Crippen LogP) is 3.38. The second-order valence-corrected chi connectivity index (χ2v) is 3.44. The lowest BCUT2D eigenvalue weighted by Gasteiger charge is -2.01. The highest BCUT2D eigenvalue weighted by Crippen LogP contribution is 2.14. The summed E-state index contributed by atoms with van der Waals surface area (Å²) in [6.07, 6.45) is 4.97. The van der Waals surface area contributed by atoms with Crippen molar-refractivity contribution in [3.8, 4) is 0 Å². The normalized spacial score (nSPS) is 11.4. The molecule has 1 heteroatoms. The van der Waals surface area contributed by atoms with Crippen LogP contribution in [0.25, 0.3) is 5.57 Å². The number of hydrogen-bond acceptors (Lipinski definition) is 1. The fraction of sp³-hybridized carbons (Fsp3) is 0.308. The Morgan fingerprint density at radius 1 is 1.43 bits per heavy atom. The fourth-order valence-electron chi connectivity index (χ4n) is 1.36. The second kappa shape index (κ2) is 5.38. The molecule has 0 unspecified atom stereocenters. The number of hydrogen-bond donors (Lipinski definition) is 0. The number of aryl methyl sites for hydroxylation is 1. The highest BCUT2D eigenvalue weighted by atomic mass is 16.1. The number of unbranched alkanes of at least 4 members (excludes halogenated alkanes) is 1. The fourth-order valence-corrected chi connectivity index (χ4v) is 1.36. The maximum atomic E-state index is 10.9. The van der Waals surface area contributed by atoms with E-state index in [1.54, 1.807) is 0 Å². The van der Waals surface area contributed by atoms with Crippen molar-refractivity contribution in [2.75, 3.05) is 0 Å². The van der Waals surface area contributed by atoms with Crippen molar-refractivity contribution in [1.82, 2.24) is 0 Å². The van der Waals surface area contributed by atoms with E-state index >= 15 is 0 Å². The van der Waals surface area contributed by atoms with Crippen LogP contribution in [0.3, 0.4) is 0 Å². The quantitative estimate of drug-likeness (QED) is 0.523. The first kappa shape index (κ1) is 10.7. The molecule has 1 aromatic carbocycles. The van der Waals surface area contributed by atoms with Gasteiger partial charge in [-0.3, -0.25) is 4.79 Å². The number of aldehydes is 1. The minimum Gasteiger partial charge on any atom is -0.298 e. The average Bonchev–Trinajstić information content (AvgIpc) is 2.19. The van der Waals surface area contributed by atoms with E-state index in [-0.39, 0.29) is 0 Å². The Morgan fingerprint density at radius 2 is 2.21 bits per heavy atom. The van der Waals surface area contributed by atoms with Gasteiger partial charge in [-0.05, 0) is 18.9 Å². The Hall–Kier alpha value is -1.37. The SMILES string of the molecule is CCCC=C(C=O)c1cccc(C)c1. The number of carbonyl (C=O) groups is 1. The number of carbonyl (C=O) groups excluding carboxylic acids is 1. The van der Waals surface area contributed by atoms with E-state index in [1.165, 1.54) is 5.56 Å². The van der Waals surface area contributed by atoms with E-state index in [1.807, 2.05) is 37.3 Å². The van der Waals surface area contributed by atoms with Gasteiger partial charge in [-0.15, -0.1) is 0 Å². The Morgan fingerprint density at radius 3 is 2.79 bits per heavy atom. The van der Waals surface area contributed by atoms with E-state index in [4.69, 9.17) is 0 Å². The van der Waals surface area contributed by atoms with Gasteiger partial charge in [0.25, 0.3) is 0 Å². The summed E-state index contributed by atoms with van der Waals surface area (Å²) in [7, 11) is 0. The van der Waals surface area contributed by atoms with Crippen LogP contribution in [0.4, 0.5) is 0 Å². The van der Waals surface area contributed by atoms with Gasteiger partial charge in [0.2, 0.25) is 0 Å². The maximum Gasteiger partial charge on any atom is 0.150 e. The van der Waals surface area contributed by atoms with Crippen molar-refractivity contribution >= 4 is 11.9 Å².